The molecule has 0 bridgehead atoms. The van der Waals surface area contributed by atoms with Gasteiger partial charge in [0.15, 0.2) is 5.82 Å². The summed E-state index contributed by atoms with van der Waals surface area (Å²) in [4.78, 5) is 55.7. The summed E-state index contributed by atoms with van der Waals surface area (Å²) in [6.07, 6.45) is 6.53. The predicted molar refractivity (Wildman–Crippen MR) is 235 cm³/mol. The van der Waals surface area contributed by atoms with E-state index in [2.05, 4.69) is 25.0 Å². The minimum Gasteiger partial charge on any atom is -0.491 e. The maximum atomic E-state index is 13.7. The molecule has 5 aromatic heterocycles. The lowest BCUT2D eigenvalue weighted by Gasteiger charge is -2.26. The number of hydrogen-bond acceptors (Lipinski definition) is 11. The number of fused-ring (bicyclic) bond motifs is 4. The second-order valence-corrected chi connectivity index (χ2v) is 15.4. The predicted octanol–water partition coefficient (Wildman–Crippen LogP) is 4.77. The summed E-state index contributed by atoms with van der Waals surface area (Å²) in [5, 5.41) is 13.5. The molecule has 2 aromatic carbocycles. The Morgan fingerprint density at radius 1 is 0.823 bits per heavy atom. The van der Waals surface area contributed by atoms with Gasteiger partial charge < -0.3 is 30.1 Å². The first-order chi connectivity index (χ1) is 29.9. The molecule has 0 atom stereocenters. The number of carbonyl (C=O) groups is 3. The molecule has 3 amide bonds. The topological polar surface area (TPSA) is 221 Å². The van der Waals surface area contributed by atoms with E-state index in [0.29, 0.717) is 91.5 Å². The number of aryl methyl sites for hydroxylation is 5. The van der Waals surface area contributed by atoms with Crippen LogP contribution < -0.4 is 21.5 Å². The molecule has 0 spiro atoms. The van der Waals surface area contributed by atoms with Crippen molar-refractivity contribution in [1.29, 1.82) is 0 Å². The van der Waals surface area contributed by atoms with Gasteiger partial charge in [-0.1, -0.05) is 12.2 Å². The van der Waals surface area contributed by atoms with E-state index in [1.807, 2.05) is 62.1 Å². The van der Waals surface area contributed by atoms with Crippen LogP contribution in [0, 0.1) is 20.8 Å². The highest BCUT2D eigenvalue weighted by Crippen LogP contribution is 2.37. The largest absolute Gasteiger partial charge is 0.491 e. The van der Waals surface area contributed by atoms with Crippen molar-refractivity contribution in [2.45, 2.75) is 67.2 Å². The maximum Gasteiger partial charge on any atom is 0.276 e. The number of allylic oxidation sites excluding steroid dienone is 2. The van der Waals surface area contributed by atoms with Crippen LogP contribution in [0.25, 0.3) is 44.5 Å². The zero-order chi connectivity index (χ0) is 43.7. The smallest absolute Gasteiger partial charge is 0.276 e. The molecule has 18 heteroatoms. The third-order valence-corrected chi connectivity index (χ3v) is 11.1. The van der Waals surface area contributed by atoms with Crippen molar-refractivity contribution in [2.75, 3.05) is 44.8 Å². The van der Waals surface area contributed by atoms with Crippen molar-refractivity contribution < 1.29 is 23.9 Å². The Morgan fingerprint density at radius 3 is 2.24 bits per heavy atom. The quantitative estimate of drug-likeness (QED) is 0.0889. The lowest BCUT2D eigenvalue weighted by Crippen LogP contribution is -2.37. The van der Waals surface area contributed by atoms with E-state index in [1.54, 1.807) is 41.2 Å². The van der Waals surface area contributed by atoms with Gasteiger partial charge in [-0.25, -0.2) is 15.0 Å². The SMILES string of the molecule is CCn1nc(C)cc1C(=O)Nc1nc2cc(C(N)=O)cc(C)c2n1C/C=C/Cn1c2nc(-c3cc(C)nn3CC)ncc2c2cc(C(N)=O)cc(OCCCN3CCOCC3)c21. The van der Waals surface area contributed by atoms with Crippen LogP contribution in [0.15, 0.2) is 54.7 Å². The van der Waals surface area contributed by atoms with Crippen LogP contribution in [0.4, 0.5) is 5.95 Å². The molecule has 322 valence electrons. The van der Waals surface area contributed by atoms with E-state index in [9.17, 15) is 14.4 Å². The van der Waals surface area contributed by atoms with Crippen molar-refractivity contribution in [3.8, 4) is 17.3 Å². The molecule has 0 aliphatic carbocycles. The standard InChI is InChI=1S/C44H51N13O5/c1-6-56-34(20-27(4)51-56)41-47-25-32-31-22-30(40(46)59)24-36(62-16-10-11-53-14-17-61-18-15-53)38(31)54(42(32)49-41)12-8-9-13-55-37-26(3)19-29(39(45)58)23-33(37)48-44(55)50-43(60)35-21-28(5)52-57(35)7-2/h8-9,19-25H,6-7,10-18H2,1-5H3,(H2,45,58)(H2,46,59)(H,48,50,60)/b9-8+. The molecule has 5 N–H and O–H groups in total. The number of benzene rings is 2. The summed E-state index contributed by atoms with van der Waals surface area (Å²) in [5.74, 6) is -0.207. The Morgan fingerprint density at radius 2 is 1.52 bits per heavy atom. The van der Waals surface area contributed by atoms with E-state index in [-0.39, 0.29) is 5.91 Å². The van der Waals surface area contributed by atoms with Crippen molar-refractivity contribution in [2.24, 2.45) is 11.5 Å². The number of morpholine rings is 1. The second kappa shape index (κ2) is 17.6. The molecule has 1 aliphatic rings. The normalized spacial score (nSPS) is 13.6. The number of primary amides is 2. The van der Waals surface area contributed by atoms with Gasteiger partial charge in [-0.05, 0) is 83.0 Å². The third-order valence-electron chi connectivity index (χ3n) is 11.1. The molecule has 0 saturated carbocycles. The number of anilines is 1. The maximum absolute atomic E-state index is 13.7. The zero-order valence-corrected chi connectivity index (χ0v) is 35.6. The summed E-state index contributed by atoms with van der Waals surface area (Å²) in [5.41, 5.74) is 18.3. The van der Waals surface area contributed by atoms with Gasteiger partial charge >= 0.3 is 0 Å². The van der Waals surface area contributed by atoms with Gasteiger partial charge in [-0.3, -0.25) is 34.0 Å². The Kier molecular flexibility index (Phi) is 11.9. The van der Waals surface area contributed by atoms with Crippen LogP contribution in [0.1, 0.15) is 68.4 Å². The highest BCUT2D eigenvalue weighted by molar-refractivity contribution is 6.12. The number of nitrogens with one attached hydrogen (secondary N) is 1. The van der Waals surface area contributed by atoms with Crippen LogP contribution in [-0.2, 0) is 30.9 Å². The Balaban J connectivity index is 1.19. The highest BCUT2D eigenvalue weighted by Gasteiger charge is 2.23. The van der Waals surface area contributed by atoms with Gasteiger partial charge in [0.1, 0.15) is 22.8 Å². The molecule has 1 aliphatic heterocycles. The highest BCUT2D eigenvalue weighted by atomic mass is 16.5. The molecular weight excluding hydrogens is 791 g/mol. The van der Waals surface area contributed by atoms with E-state index in [1.165, 1.54) is 0 Å². The fraction of sp³-hybridized carbons (Fsp3) is 0.364. The molecule has 6 heterocycles. The van der Waals surface area contributed by atoms with Crippen LogP contribution in [-0.4, -0.2) is 106 Å². The van der Waals surface area contributed by atoms with Crippen molar-refractivity contribution in [1.82, 2.24) is 48.5 Å². The Bertz CT molecular complexity index is 2880. The van der Waals surface area contributed by atoms with Gasteiger partial charge in [0, 0.05) is 73.9 Å². The minimum absolute atomic E-state index is 0.296. The molecular formula is C44H51N13O5. The monoisotopic (exact) mass is 841 g/mol. The number of nitrogens with zero attached hydrogens (tertiary/aromatic N) is 10. The van der Waals surface area contributed by atoms with Crippen LogP contribution >= 0.6 is 0 Å². The van der Waals surface area contributed by atoms with Crippen LogP contribution in [0.2, 0.25) is 0 Å². The first-order valence-electron chi connectivity index (χ1n) is 20.9. The summed E-state index contributed by atoms with van der Waals surface area (Å²) >= 11 is 0. The fourth-order valence-corrected chi connectivity index (χ4v) is 8.17. The van der Waals surface area contributed by atoms with Gasteiger partial charge in [-0.15, -0.1) is 0 Å². The number of imidazole rings is 1. The number of amides is 3. The van der Waals surface area contributed by atoms with E-state index >= 15 is 0 Å². The second-order valence-electron chi connectivity index (χ2n) is 15.4. The first-order valence-corrected chi connectivity index (χ1v) is 20.9. The van der Waals surface area contributed by atoms with Gasteiger partial charge in [0.05, 0.1) is 47.8 Å². The average molecular weight is 842 g/mol. The van der Waals surface area contributed by atoms with Crippen molar-refractivity contribution >= 4 is 56.6 Å². The molecule has 0 unspecified atom stereocenters. The molecule has 0 radical (unpaired) electrons. The molecule has 7 aromatic rings. The fourth-order valence-electron chi connectivity index (χ4n) is 8.17. The number of ether oxygens (including phenoxy) is 2. The lowest BCUT2D eigenvalue weighted by atomic mass is 10.1. The number of hydrogen-bond donors (Lipinski definition) is 3. The lowest BCUT2D eigenvalue weighted by molar-refractivity contribution is 0.0358. The van der Waals surface area contributed by atoms with E-state index in [4.69, 9.17) is 35.9 Å². The van der Waals surface area contributed by atoms with Crippen LogP contribution in [0.3, 0.4) is 0 Å². The van der Waals surface area contributed by atoms with Crippen LogP contribution in [0.5, 0.6) is 5.75 Å². The number of carbonyl (C=O) groups excluding carboxylic acids is 3. The summed E-state index contributed by atoms with van der Waals surface area (Å²) < 4.78 is 19.5. The first kappa shape index (κ1) is 41.8. The number of nitrogens with two attached hydrogens (primary N) is 2. The van der Waals surface area contributed by atoms with E-state index in [0.717, 1.165) is 70.5 Å². The Labute approximate surface area is 357 Å². The Hall–Kier alpha value is -6.92. The van der Waals surface area contributed by atoms with Gasteiger partial charge in [0.25, 0.3) is 5.91 Å². The molecule has 8 rings (SSSR count). The summed E-state index contributed by atoms with van der Waals surface area (Å²) in [7, 11) is 0. The molecule has 62 heavy (non-hydrogen) atoms. The van der Waals surface area contributed by atoms with Crippen molar-refractivity contribution in [3.63, 3.8) is 0 Å². The van der Waals surface area contributed by atoms with Crippen molar-refractivity contribution in [3.05, 3.63) is 88.5 Å². The van der Waals surface area contributed by atoms with E-state index < -0.39 is 11.8 Å². The third kappa shape index (κ3) is 8.25. The van der Waals surface area contributed by atoms with Gasteiger partial charge in [0.2, 0.25) is 17.8 Å². The molecule has 1 fully saturated rings. The molecule has 18 nitrogen and oxygen atoms in total. The number of rotatable bonds is 16. The molecule has 1 saturated heterocycles. The number of aromatic nitrogens is 9. The summed E-state index contributed by atoms with van der Waals surface area (Å²) in [6.45, 7) is 15.8. The average Bonchev–Trinajstić information content (AvgIpc) is 4.02. The van der Waals surface area contributed by atoms with Gasteiger partial charge in [-0.2, -0.15) is 10.2 Å². The zero-order valence-electron chi connectivity index (χ0n) is 35.6. The minimum atomic E-state index is -0.576. The summed E-state index contributed by atoms with van der Waals surface area (Å²) in [6, 6.07) is 10.5.